The molecular weight excluding hydrogens is 676 g/mol. The Morgan fingerprint density at radius 3 is 2.56 bits per heavy atom. The number of morpholine rings is 1. The zero-order valence-electron chi connectivity index (χ0n) is 29.7. The van der Waals surface area contributed by atoms with Gasteiger partial charge in [0.05, 0.1) is 29.7 Å². The molecule has 5 atom stereocenters. The zero-order chi connectivity index (χ0) is 35.5. The lowest BCUT2D eigenvalue weighted by atomic mass is 9.61. The van der Waals surface area contributed by atoms with Crippen LogP contribution in [-0.2, 0) is 32.6 Å². The van der Waals surface area contributed by atoms with Crippen molar-refractivity contribution >= 4 is 39.1 Å². The maximum absolute atomic E-state index is 13.6. The van der Waals surface area contributed by atoms with Crippen molar-refractivity contribution in [3.8, 4) is 5.75 Å². The molecule has 50 heavy (non-hydrogen) atoms. The molecule has 3 heterocycles. The fraction of sp³-hybridized carbons (Fsp3) is 0.632. The first-order chi connectivity index (χ1) is 23.9. The van der Waals surface area contributed by atoms with Gasteiger partial charge in [0.2, 0.25) is 15.9 Å². The number of amides is 2. The monoisotopic (exact) mass is 728 g/mol. The lowest BCUT2D eigenvalue weighted by molar-refractivity contribution is -0.124. The first kappa shape index (κ1) is 36.9. The number of benzene rings is 2. The first-order valence-electron chi connectivity index (χ1n) is 18.4. The minimum absolute atomic E-state index is 0.0386. The molecule has 4 aliphatic rings. The molecule has 12 heteroatoms. The summed E-state index contributed by atoms with van der Waals surface area (Å²) in [5.41, 5.74) is 2.84. The number of halogens is 1. The largest absolute Gasteiger partial charge is 0.487 e. The second-order valence-electron chi connectivity index (χ2n) is 15.0. The smallest absolute Gasteiger partial charge is 0.264 e. The lowest BCUT2D eigenvalue weighted by Crippen LogP contribution is -2.65. The normalized spacial score (nSPS) is 29.5. The van der Waals surface area contributed by atoms with Crippen molar-refractivity contribution in [3.05, 3.63) is 58.1 Å². The number of hydrogen-bond acceptors (Lipinski definition) is 8. The standard InChI is InChI=1S/C38H53ClN4O6S/c1-26-7-6-15-38(40-28(3)44,25-42-17-19-48-20-18-42)34-13-10-31(34)23-43-16-5-4-8-29-21-33(39)12-9-32(29)24-49-36-14-11-30(22-35(36)43)37(45)41-50(46,47)27(26)2/h9,11-12,14,21-22,26-27,31,34H,4-8,10,13,15-20,23-25H2,1-3H3,(H,40,44)(H,41,45)/t26-,27+,31-,34+,38-/m0/s1. The minimum atomic E-state index is -3.96. The van der Waals surface area contributed by atoms with E-state index < -0.39 is 26.7 Å². The van der Waals surface area contributed by atoms with Crippen LogP contribution in [0.5, 0.6) is 5.75 Å². The molecule has 0 aromatic heterocycles. The molecule has 6 rings (SSSR count). The topological polar surface area (TPSA) is 117 Å². The Morgan fingerprint density at radius 1 is 1.02 bits per heavy atom. The van der Waals surface area contributed by atoms with Gasteiger partial charge in [0.15, 0.2) is 0 Å². The second kappa shape index (κ2) is 15.8. The molecule has 1 saturated carbocycles. The van der Waals surface area contributed by atoms with Crippen LogP contribution in [-0.4, -0.2) is 81.9 Å². The van der Waals surface area contributed by atoms with E-state index in [0.29, 0.717) is 42.9 Å². The molecule has 2 bridgehead atoms. The number of rotatable bonds is 3. The summed E-state index contributed by atoms with van der Waals surface area (Å²) in [5.74, 6) is 0.316. The number of anilines is 1. The highest BCUT2D eigenvalue weighted by Gasteiger charge is 2.49. The second-order valence-corrected chi connectivity index (χ2v) is 17.5. The molecule has 2 fully saturated rings. The Hall–Kier alpha value is -2.86. The van der Waals surface area contributed by atoms with E-state index in [-0.39, 0.29) is 23.3 Å². The van der Waals surface area contributed by atoms with Crippen molar-refractivity contribution in [2.24, 2.45) is 17.8 Å². The van der Waals surface area contributed by atoms with E-state index in [9.17, 15) is 18.0 Å². The predicted octanol–water partition coefficient (Wildman–Crippen LogP) is 5.56. The summed E-state index contributed by atoms with van der Waals surface area (Å²) in [6.45, 7) is 10.8. The van der Waals surface area contributed by atoms with Gasteiger partial charge in [0.25, 0.3) is 5.91 Å². The van der Waals surface area contributed by atoms with Gasteiger partial charge >= 0.3 is 0 Å². The van der Waals surface area contributed by atoms with Crippen LogP contribution in [0.1, 0.15) is 87.2 Å². The molecule has 274 valence electrons. The van der Waals surface area contributed by atoms with E-state index in [1.165, 1.54) is 5.56 Å². The highest BCUT2D eigenvalue weighted by Crippen LogP contribution is 2.47. The van der Waals surface area contributed by atoms with Crippen LogP contribution in [0.4, 0.5) is 5.69 Å². The van der Waals surface area contributed by atoms with Crippen molar-refractivity contribution in [2.75, 3.05) is 50.8 Å². The number of nitrogens with zero attached hydrogens (tertiary/aromatic N) is 2. The van der Waals surface area contributed by atoms with Gasteiger partial charge in [-0.1, -0.05) is 31.0 Å². The summed E-state index contributed by atoms with van der Waals surface area (Å²) in [5, 5.41) is 3.43. The summed E-state index contributed by atoms with van der Waals surface area (Å²) in [6, 6.07) is 11.2. The van der Waals surface area contributed by atoms with Gasteiger partial charge in [0, 0.05) is 50.2 Å². The Morgan fingerprint density at radius 2 is 1.82 bits per heavy atom. The van der Waals surface area contributed by atoms with Gasteiger partial charge in [-0.2, -0.15) is 0 Å². The number of aryl methyl sites for hydroxylation is 1. The van der Waals surface area contributed by atoms with E-state index in [0.717, 1.165) is 88.9 Å². The maximum Gasteiger partial charge on any atom is 0.264 e. The Balaban J connectivity index is 1.41. The minimum Gasteiger partial charge on any atom is -0.487 e. The Kier molecular flexibility index (Phi) is 11.7. The van der Waals surface area contributed by atoms with Crippen molar-refractivity contribution < 1.29 is 27.5 Å². The van der Waals surface area contributed by atoms with Crippen LogP contribution in [0.15, 0.2) is 36.4 Å². The Labute approximate surface area is 302 Å². The molecule has 1 aliphatic carbocycles. The molecule has 10 nitrogen and oxygen atoms in total. The summed E-state index contributed by atoms with van der Waals surface area (Å²) in [4.78, 5) is 31.3. The number of carbonyl (C=O) groups excluding carboxylic acids is 2. The number of ether oxygens (including phenoxy) is 2. The van der Waals surface area contributed by atoms with E-state index >= 15 is 0 Å². The van der Waals surface area contributed by atoms with Crippen molar-refractivity contribution in [2.45, 2.75) is 89.5 Å². The molecule has 3 aliphatic heterocycles. The highest BCUT2D eigenvalue weighted by molar-refractivity contribution is 7.90. The summed E-state index contributed by atoms with van der Waals surface area (Å²) in [6.07, 6.45) is 6.95. The third-order valence-electron chi connectivity index (χ3n) is 11.7. The van der Waals surface area contributed by atoms with Crippen molar-refractivity contribution in [1.29, 1.82) is 0 Å². The molecular formula is C38H53ClN4O6S. The van der Waals surface area contributed by atoms with Gasteiger partial charge in [-0.15, -0.1) is 0 Å². The Bertz CT molecular complexity index is 1650. The average molecular weight is 729 g/mol. The van der Waals surface area contributed by atoms with Gasteiger partial charge in [-0.05, 0) is 111 Å². The first-order valence-corrected chi connectivity index (χ1v) is 20.3. The van der Waals surface area contributed by atoms with E-state index in [2.05, 4.69) is 19.8 Å². The van der Waals surface area contributed by atoms with Crippen LogP contribution in [0.2, 0.25) is 5.02 Å². The number of nitrogens with one attached hydrogen (secondary N) is 2. The molecule has 2 aromatic carbocycles. The average Bonchev–Trinajstić information content (AvgIpc) is 3.09. The number of sulfonamides is 1. The summed E-state index contributed by atoms with van der Waals surface area (Å²) in [7, 11) is -3.96. The quantitative estimate of drug-likeness (QED) is 0.422. The van der Waals surface area contributed by atoms with E-state index in [1.807, 2.05) is 25.1 Å². The van der Waals surface area contributed by atoms with Crippen molar-refractivity contribution in [1.82, 2.24) is 14.9 Å². The van der Waals surface area contributed by atoms with E-state index in [1.54, 1.807) is 32.0 Å². The van der Waals surface area contributed by atoms with Gasteiger partial charge in [0.1, 0.15) is 12.4 Å². The fourth-order valence-corrected chi connectivity index (χ4v) is 10.0. The van der Waals surface area contributed by atoms with Crippen LogP contribution in [0.3, 0.4) is 0 Å². The maximum atomic E-state index is 13.6. The molecule has 0 unspecified atom stereocenters. The summed E-state index contributed by atoms with van der Waals surface area (Å²) >= 11 is 6.38. The zero-order valence-corrected chi connectivity index (χ0v) is 31.3. The molecule has 0 radical (unpaired) electrons. The number of carbonyl (C=O) groups is 2. The molecule has 2 N–H and O–H groups in total. The fourth-order valence-electron chi connectivity index (χ4n) is 8.52. The van der Waals surface area contributed by atoms with Gasteiger partial charge < -0.3 is 19.7 Å². The molecule has 2 amide bonds. The van der Waals surface area contributed by atoms with Crippen LogP contribution in [0, 0.1) is 17.8 Å². The third kappa shape index (κ3) is 8.43. The molecule has 0 spiro atoms. The highest BCUT2D eigenvalue weighted by atomic mass is 35.5. The van der Waals surface area contributed by atoms with E-state index in [4.69, 9.17) is 21.1 Å². The summed E-state index contributed by atoms with van der Waals surface area (Å²) < 4.78 is 41.7. The van der Waals surface area contributed by atoms with Gasteiger partial charge in [-0.25, -0.2) is 13.1 Å². The lowest BCUT2D eigenvalue weighted by Gasteiger charge is -2.54. The van der Waals surface area contributed by atoms with Crippen LogP contribution < -0.4 is 19.7 Å². The van der Waals surface area contributed by atoms with Crippen LogP contribution >= 0.6 is 11.6 Å². The number of hydrogen-bond donors (Lipinski definition) is 2. The molecule has 1 saturated heterocycles. The molecule has 2 aromatic rings. The van der Waals surface area contributed by atoms with Crippen LogP contribution in [0.25, 0.3) is 0 Å². The van der Waals surface area contributed by atoms with Gasteiger partial charge in [-0.3, -0.25) is 14.5 Å². The third-order valence-corrected chi connectivity index (χ3v) is 13.8. The number of fused-ring (bicyclic) bond motifs is 3. The van der Waals surface area contributed by atoms with Crippen molar-refractivity contribution in [3.63, 3.8) is 0 Å². The predicted molar refractivity (Wildman–Crippen MR) is 196 cm³/mol. The SMILES string of the molecule is CC(=O)N[C@]1(CN2CCOCC2)CCC[C@H](C)[C@@H](C)S(=O)(=O)NC(=O)c2ccc3c(c2)N(CCCCc2cc(Cl)ccc2CO3)C[C@@H]2CC[C@H]21.